The molecular formula is C30H58N5O6P. The van der Waals surface area contributed by atoms with Crippen molar-refractivity contribution < 1.29 is 23.8 Å². The van der Waals surface area contributed by atoms with Gasteiger partial charge in [0.1, 0.15) is 18.3 Å². The number of unbranched alkanes of at least 4 members (excludes halogenated alkanes) is 15. The highest BCUT2D eigenvalue weighted by atomic mass is 31.2. The largest absolute Gasteiger partial charge is 0.369 e. The Morgan fingerprint density at radius 3 is 1.88 bits per heavy atom. The Balaban J connectivity index is 1.64. The Labute approximate surface area is 253 Å². The number of ether oxygens (including phenoxy) is 2. The molecule has 0 aromatic carbocycles. The minimum absolute atomic E-state index is 0.0808. The van der Waals surface area contributed by atoms with Crippen LogP contribution in [0.25, 0.3) is 0 Å². The molecule has 4 N–H and O–H groups in total. The lowest BCUT2D eigenvalue weighted by Crippen LogP contribution is -2.35. The van der Waals surface area contributed by atoms with Gasteiger partial charge in [0.05, 0.1) is 13.3 Å². The standard InChI is InChI=1S/C30H58N5O6P/c1-4-6-7-8-9-10-11-12-13-14-15-16-17-18-19-20-22-41-26(3)35-29(36)27-28(32-30(35)31)34(24-33(27)5-2)21-23-40-25-42(37,38)39/h26H,4-25H2,1-3H3,(H2,31,32)(H2,37,38,39). The summed E-state index contributed by atoms with van der Waals surface area (Å²) in [5.74, 6) is 0.540. The third-order valence-electron chi connectivity index (χ3n) is 7.92. The molecule has 2 rings (SSSR count). The highest BCUT2D eigenvalue weighted by Crippen LogP contribution is 2.35. The van der Waals surface area contributed by atoms with Gasteiger partial charge in [0.2, 0.25) is 5.95 Å². The van der Waals surface area contributed by atoms with Crippen molar-refractivity contribution in [2.75, 3.05) is 54.9 Å². The summed E-state index contributed by atoms with van der Waals surface area (Å²) in [6, 6.07) is 0. The van der Waals surface area contributed by atoms with Crippen LogP contribution in [-0.4, -0.2) is 58.7 Å². The lowest BCUT2D eigenvalue weighted by molar-refractivity contribution is 0.0129. The fourth-order valence-electron chi connectivity index (χ4n) is 5.49. The number of rotatable bonds is 25. The van der Waals surface area contributed by atoms with Crippen molar-refractivity contribution >= 4 is 25.0 Å². The highest BCUT2D eigenvalue weighted by molar-refractivity contribution is 7.51. The molecule has 1 unspecified atom stereocenters. The number of hydrogen-bond donors (Lipinski definition) is 3. The molecule has 0 spiro atoms. The molecule has 1 aliphatic rings. The predicted molar refractivity (Wildman–Crippen MR) is 171 cm³/mol. The Morgan fingerprint density at radius 1 is 0.857 bits per heavy atom. The van der Waals surface area contributed by atoms with Crippen molar-refractivity contribution in [1.29, 1.82) is 0 Å². The van der Waals surface area contributed by atoms with E-state index in [0.29, 0.717) is 37.9 Å². The van der Waals surface area contributed by atoms with Crippen LogP contribution in [0.2, 0.25) is 0 Å². The average molecular weight is 616 g/mol. The summed E-state index contributed by atoms with van der Waals surface area (Å²) in [6.45, 7) is 8.03. The SMILES string of the molecule is CCCCCCCCCCCCCCCCCCOC(C)n1c(N)nc2c(c1=O)N(CC)CN2CCOCP(=O)(O)O. The van der Waals surface area contributed by atoms with E-state index in [9.17, 15) is 9.36 Å². The first-order valence-electron chi connectivity index (χ1n) is 16.3. The molecule has 244 valence electrons. The second-order valence-corrected chi connectivity index (χ2v) is 13.1. The Kier molecular flexibility index (Phi) is 17.7. The first-order chi connectivity index (χ1) is 20.2. The van der Waals surface area contributed by atoms with Crippen LogP contribution in [0.1, 0.15) is 130 Å². The summed E-state index contributed by atoms with van der Waals surface area (Å²) in [4.78, 5) is 39.6. The first kappa shape index (κ1) is 36.5. The van der Waals surface area contributed by atoms with E-state index in [1.54, 1.807) is 0 Å². The van der Waals surface area contributed by atoms with E-state index in [1.807, 2.05) is 23.6 Å². The average Bonchev–Trinajstić information content (AvgIpc) is 3.29. The molecular weight excluding hydrogens is 557 g/mol. The van der Waals surface area contributed by atoms with E-state index in [1.165, 1.54) is 94.5 Å². The van der Waals surface area contributed by atoms with E-state index in [0.717, 1.165) is 12.8 Å². The maximum absolute atomic E-state index is 13.4. The summed E-state index contributed by atoms with van der Waals surface area (Å²) >= 11 is 0. The van der Waals surface area contributed by atoms with E-state index < -0.39 is 20.2 Å². The van der Waals surface area contributed by atoms with Crippen LogP contribution in [0.4, 0.5) is 17.5 Å². The zero-order chi connectivity index (χ0) is 30.8. The van der Waals surface area contributed by atoms with Crippen molar-refractivity contribution in [2.24, 2.45) is 0 Å². The number of nitrogens with two attached hydrogens (primary N) is 1. The molecule has 42 heavy (non-hydrogen) atoms. The number of anilines is 3. The monoisotopic (exact) mass is 615 g/mol. The van der Waals surface area contributed by atoms with Crippen molar-refractivity contribution in [3.63, 3.8) is 0 Å². The molecule has 1 atom stereocenters. The third kappa shape index (κ3) is 13.3. The van der Waals surface area contributed by atoms with Crippen molar-refractivity contribution in [3.8, 4) is 0 Å². The number of fused-ring (bicyclic) bond motifs is 1. The number of aromatic nitrogens is 2. The molecule has 0 fully saturated rings. The zero-order valence-corrected chi connectivity index (χ0v) is 27.4. The zero-order valence-electron chi connectivity index (χ0n) is 26.5. The van der Waals surface area contributed by atoms with Gasteiger partial charge in [-0.2, -0.15) is 4.98 Å². The van der Waals surface area contributed by atoms with Gasteiger partial charge >= 0.3 is 7.60 Å². The summed E-state index contributed by atoms with van der Waals surface area (Å²) < 4.78 is 23.5. The quantitative estimate of drug-likeness (QED) is 0.0837. The van der Waals surface area contributed by atoms with Crippen molar-refractivity contribution in [1.82, 2.24) is 9.55 Å². The van der Waals surface area contributed by atoms with Crippen LogP contribution in [-0.2, 0) is 14.0 Å². The fraction of sp³-hybridized carbons (Fsp3) is 0.867. The number of nitrogens with zero attached hydrogens (tertiary/aromatic N) is 4. The van der Waals surface area contributed by atoms with Gasteiger partial charge in [-0.3, -0.25) is 13.9 Å². The Bertz CT molecular complexity index is 988. The molecule has 0 bridgehead atoms. The van der Waals surface area contributed by atoms with Crippen LogP contribution in [0, 0.1) is 0 Å². The number of hydrogen-bond acceptors (Lipinski definition) is 8. The molecule has 0 radical (unpaired) electrons. The Morgan fingerprint density at radius 2 is 1.38 bits per heavy atom. The summed E-state index contributed by atoms with van der Waals surface area (Å²) in [5, 5.41) is 0. The topological polar surface area (TPSA) is 143 Å². The van der Waals surface area contributed by atoms with Gasteiger partial charge in [-0.05, 0) is 20.3 Å². The van der Waals surface area contributed by atoms with Crippen LogP contribution in [0.3, 0.4) is 0 Å². The minimum Gasteiger partial charge on any atom is -0.369 e. The maximum Gasteiger partial charge on any atom is 0.350 e. The van der Waals surface area contributed by atoms with Crippen LogP contribution in [0.5, 0.6) is 0 Å². The molecule has 1 aromatic rings. The van der Waals surface area contributed by atoms with Gasteiger partial charge in [-0.15, -0.1) is 0 Å². The highest BCUT2D eigenvalue weighted by Gasteiger charge is 2.32. The molecule has 0 saturated carbocycles. The predicted octanol–water partition coefficient (Wildman–Crippen LogP) is 6.38. The Hall–Kier alpha value is -1.65. The molecule has 11 nitrogen and oxygen atoms in total. The second kappa shape index (κ2) is 20.3. The van der Waals surface area contributed by atoms with Gasteiger partial charge in [0, 0.05) is 19.7 Å². The normalized spacial score (nSPS) is 14.1. The fourth-order valence-corrected chi connectivity index (χ4v) is 5.86. The summed E-state index contributed by atoms with van der Waals surface area (Å²) in [7, 11) is -4.23. The molecule has 1 aliphatic heterocycles. The van der Waals surface area contributed by atoms with Gasteiger partial charge in [-0.25, -0.2) is 0 Å². The molecule has 1 aromatic heterocycles. The lowest BCUT2D eigenvalue weighted by atomic mass is 10.0. The smallest absolute Gasteiger partial charge is 0.350 e. The van der Waals surface area contributed by atoms with Gasteiger partial charge in [-0.1, -0.05) is 103 Å². The first-order valence-corrected chi connectivity index (χ1v) is 18.1. The number of nitrogen functional groups attached to an aromatic ring is 1. The second-order valence-electron chi connectivity index (χ2n) is 11.6. The van der Waals surface area contributed by atoms with E-state index in [4.69, 9.17) is 25.0 Å². The molecule has 0 saturated heterocycles. The van der Waals surface area contributed by atoms with Gasteiger partial charge in [0.25, 0.3) is 5.56 Å². The van der Waals surface area contributed by atoms with E-state index >= 15 is 0 Å². The lowest BCUT2D eigenvalue weighted by Gasteiger charge is -2.20. The third-order valence-corrected chi connectivity index (χ3v) is 8.44. The van der Waals surface area contributed by atoms with Crippen LogP contribution >= 0.6 is 7.60 Å². The molecule has 0 aliphatic carbocycles. The molecule has 2 heterocycles. The van der Waals surface area contributed by atoms with Crippen LogP contribution < -0.4 is 21.1 Å². The summed E-state index contributed by atoms with van der Waals surface area (Å²) in [5.41, 5.74) is 6.42. The minimum atomic E-state index is -4.23. The van der Waals surface area contributed by atoms with E-state index in [-0.39, 0.29) is 18.1 Å². The molecule has 12 heteroatoms. The van der Waals surface area contributed by atoms with Crippen molar-refractivity contribution in [3.05, 3.63) is 10.4 Å². The molecule has 0 amide bonds. The van der Waals surface area contributed by atoms with Gasteiger partial charge in [0.15, 0.2) is 5.82 Å². The van der Waals surface area contributed by atoms with Crippen molar-refractivity contribution in [2.45, 2.75) is 130 Å². The maximum atomic E-state index is 13.4. The summed E-state index contributed by atoms with van der Waals surface area (Å²) in [6.07, 6.45) is 19.9. The van der Waals surface area contributed by atoms with E-state index in [2.05, 4.69) is 11.9 Å². The van der Waals surface area contributed by atoms with Crippen LogP contribution in [0.15, 0.2) is 4.79 Å². The van der Waals surface area contributed by atoms with Gasteiger partial charge < -0.3 is 34.8 Å².